The van der Waals surface area contributed by atoms with E-state index >= 15 is 0 Å². The maximum Gasteiger partial charge on any atom is 0.166 e. The molecule has 0 fully saturated rings. The molecule has 1 aliphatic rings. The van der Waals surface area contributed by atoms with Crippen LogP contribution in [0.3, 0.4) is 0 Å². The normalized spacial score (nSPS) is 16.4. The zero-order valence-electron chi connectivity index (χ0n) is 13.1. The minimum absolute atomic E-state index is 0.106. The number of hydrogen-bond donors (Lipinski definition) is 0. The largest absolute Gasteiger partial charge is 0.294 e. The Kier molecular flexibility index (Phi) is 3.34. The van der Waals surface area contributed by atoms with Crippen LogP contribution in [0, 0.1) is 5.92 Å². The summed E-state index contributed by atoms with van der Waals surface area (Å²) >= 11 is 0. The lowest BCUT2D eigenvalue weighted by Crippen LogP contribution is -2.04. The van der Waals surface area contributed by atoms with Gasteiger partial charge in [0.15, 0.2) is 5.78 Å². The Morgan fingerprint density at radius 3 is 2.13 bits per heavy atom. The average molecular weight is 298 g/mol. The molecule has 0 bridgehead atoms. The van der Waals surface area contributed by atoms with E-state index in [0.717, 1.165) is 23.1 Å². The van der Waals surface area contributed by atoms with Gasteiger partial charge in [0.05, 0.1) is 0 Å². The number of carbonyl (C=O) groups excluding carboxylic acids is 1. The van der Waals surface area contributed by atoms with Crippen molar-refractivity contribution < 1.29 is 4.79 Å². The van der Waals surface area contributed by atoms with E-state index in [9.17, 15) is 4.79 Å². The molecule has 0 aliphatic heterocycles. The van der Waals surface area contributed by atoms with E-state index in [1.807, 2.05) is 25.1 Å². The zero-order valence-corrected chi connectivity index (χ0v) is 13.1. The van der Waals surface area contributed by atoms with Crippen LogP contribution in [0.15, 0.2) is 72.8 Å². The second kappa shape index (κ2) is 5.51. The maximum absolute atomic E-state index is 12.5. The van der Waals surface area contributed by atoms with Crippen LogP contribution in [0.5, 0.6) is 0 Å². The predicted molar refractivity (Wildman–Crippen MR) is 94.5 cm³/mol. The standard InChI is InChI=1S/C22H18O/c1-15-14-19-8-5-9-20(21(19)22(15)23)18-12-10-17(11-13-18)16-6-3-2-4-7-16/h2-13,15H,14H2,1H3. The lowest BCUT2D eigenvalue weighted by atomic mass is 9.94. The molecule has 0 N–H and O–H groups in total. The first-order valence-corrected chi connectivity index (χ1v) is 8.06. The SMILES string of the molecule is CC1Cc2cccc(-c3ccc(-c4ccccc4)cc3)c2C1=O. The van der Waals surface area contributed by atoms with Gasteiger partial charge in [-0.1, -0.05) is 79.7 Å². The predicted octanol–water partition coefficient (Wildman–Crippen LogP) is 5.40. The second-order valence-electron chi connectivity index (χ2n) is 6.25. The van der Waals surface area contributed by atoms with E-state index in [4.69, 9.17) is 0 Å². The van der Waals surface area contributed by atoms with Crippen molar-refractivity contribution in [1.29, 1.82) is 0 Å². The van der Waals surface area contributed by atoms with E-state index in [0.29, 0.717) is 0 Å². The van der Waals surface area contributed by atoms with E-state index < -0.39 is 0 Å². The quantitative estimate of drug-likeness (QED) is 0.619. The Hall–Kier alpha value is -2.67. The second-order valence-corrected chi connectivity index (χ2v) is 6.25. The molecule has 1 nitrogen and oxygen atoms in total. The Labute approximate surface area is 136 Å². The number of rotatable bonds is 2. The lowest BCUT2D eigenvalue weighted by Gasteiger charge is -2.09. The highest BCUT2D eigenvalue weighted by Gasteiger charge is 2.29. The van der Waals surface area contributed by atoms with Crippen molar-refractivity contribution in [2.75, 3.05) is 0 Å². The van der Waals surface area contributed by atoms with Crippen molar-refractivity contribution in [2.45, 2.75) is 13.3 Å². The fourth-order valence-electron chi connectivity index (χ4n) is 3.44. The first-order chi connectivity index (χ1) is 11.2. The third kappa shape index (κ3) is 2.39. The monoisotopic (exact) mass is 298 g/mol. The molecule has 0 spiro atoms. The van der Waals surface area contributed by atoms with Crippen LogP contribution in [0.4, 0.5) is 0 Å². The molecule has 4 rings (SSSR count). The van der Waals surface area contributed by atoms with E-state index in [-0.39, 0.29) is 11.7 Å². The van der Waals surface area contributed by atoms with E-state index in [2.05, 4.69) is 54.6 Å². The molecular formula is C22H18O. The number of benzene rings is 3. The van der Waals surface area contributed by atoms with Crippen LogP contribution in [0.1, 0.15) is 22.8 Å². The Balaban J connectivity index is 1.76. The highest BCUT2D eigenvalue weighted by atomic mass is 16.1. The van der Waals surface area contributed by atoms with Crippen molar-refractivity contribution >= 4 is 5.78 Å². The van der Waals surface area contributed by atoms with Gasteiger partial charge in [0.25, 0.3) is 0 Å². The molecule has 0 radical (unpaired) electrons. The summed E-state index contributed by atoms with van der Waals surface area (Å²) < 4.78 is 0. The molecule has 1 atom stereocenters. The molecular weight excluding hydrogens is 280 g/mol. The third-order valence-corrected chi connectivity index (χ3v) is 4.67. The highest BCUT2D eigenvalue weighted by molar-refractivity contribution is 6.07. The summed E-state index contributed by atoms with van der Waals surface area (Å²) in [5.74, 6) is 0.387. The van der Waals surface area contributed by atoms with Gasteiger partial charge in [0.2, 0.25) is 0 Å². The number of ketones is 1. The molecule has 0 amide bonds. The number of hydrogen-bond acceptors (Lipinski definition) is 1. The first kappa shape index (κ1) is 14.0. The Morgan fingerprint density at radius 2 is 1.39 bits per heavy atom. The van der Waals surface area contributed by atoms with Gasteiger partial charge in [-0.2, -0.15) is 0 Å². The molecule has 23 heavy (non-hydrogen) atoms. The molecule has 112 valence electrons. The summed E-state index contributed by atoms with van der Waals surface area (Å²) in [4.78, 5) is 12.5. The molecule has 1 unspecified atom stereocenters. The van der Waals surface area contributed by atoms with Gasteiger partial charge in [-0.05, 0) is 34.2 Å². The van der Waals surface area contributed by atoms with Gasteiger partial charge in [0.1, 0.15) is 0 Å². The van der Waals surface area contributed by atoms with Crippen molar-refractivity contribution in [1.82, 2.24) is 0 Å². The van der Waals surface area contributed by atoms with Crippen LogP contribution in [0.2, 0.25) is 0 Å². The zero-order chi connectivity index (χ0) is 15.8. The summed E-state index contributed by atoms with van der Waals surface area (Å²) in [6, 6.07) is 25.1. The van der Waals surface area contributed by atoms with Crippen LogP contribution in [0.25, 0.3) is 22.3 Å². The molecule has 0 aromatic heterocycles. The van der Waals surface area contributed by atoms with Crippen LogP contribution in [-0.2, 0) is 6.42 Å². The number of Topliss-reactive ketones (excluding diaryl/α,β-unsaturated/α-hetero) is 1. The van der Waals surface area contributed by atoms with Gasteiger partial charge < -0.3 is 0 Å². The van der Waals surface area contributed by atoms with Gasteiger partial charge in [-0.3, -0.25) is 4.79 Å². The molecule has 3 aromatic rings. The minimum atomic E-state index is 0.106. The van der Waals surface area contributed by atoms with Crippen molar-refractivity contribution in [3.8, 4) is 22.3 Å². The molecule has 0 heterocycles. The van der Waals surface area contributed by atoms with Crippen molar-refractivity contribution in [2.24, 2.45) is 5.92 Å². The van der Waals surface area contributed by atoms with Crippen LogP contribution >= 0.6 is 0 Å². The minimum Gasteiger partial charge on any atom is -0.294 e. The molecule has 0 saturated carbocycles. The molecule has 1 heteroatoms. The van der Waals surface area contributed by atoms with Gasteiger partial charge >= 0.3 is 0 Å². The third-order valence-electron chi connectivity index (χ3n) is 4.67. The lowest BCUT2D eigenvalue weighted by molar-refractivity contribution is 0.0947. The Bertz CT molecular complexity index is 860. The maximum atomic E-state index is 12.5. The summed E-state index contributed by atoms with van der Waals surface area (Å²) in [5, 5.41) is 0. The highest BCUT2D eigenvalue weighted by Crippen LogP contribution is 2.35. The van der Waals surface area contributed by atoms with Gasteiger partial charge in [-0.15, -0.1) is 0 Å². The number of carbonyl (C=O) groups is 1. The van der Waals surface area contributed by atoms with Crippen LogP contribution < -0.4 is 0 Å². The van der Waals surface area contributed by atoms with E-state index in [1.165, 1.54) is 16.7 Å². The summed E-state index contributed by atoms with van der Waals surface area (Å²) in [6.07, 6.45) is 0.865. The molecule has 1 aliphatic carbocycles. The van der Waals surface area contributed by atoms with Gasteiger partial charge in [0, 0.05) is 11.5 Å². The molecule has 0 saturated heterocycles. The first-order valence-electron chi connectivity index (χ1n) is 8.06. The summed E-state index contributed by atoms with van der Waals surface area (Å²) in [7, 11) is 0. The van der Waals surface area contributed by atoms with Crippen molar-refractivity contribution in [3.05, 3.63) is 83.9 Å². The summed E-state index contributed by atoms with van der Waals surface area (Å²) in [5.41, 5.74) is 6.70. The van der Waals surface area contributed by atoms with E-state index in [1.54, 1.807) is 0 Å². The fourth-order valence-corrected chi connectivity index (χ4v) is 3.44. The Morgan fingerprint density at radius 1 is 0.739 bits per heavy atom. The smallest absolute Gasteiger partial charge is 0.166 e. The number of fused-ring (bicyclic) bond motifs is 1. The topological polar surface area (TPSA) is 17.1 Å². The van der Waals surface area contributed by atoms with Gasteiger partial charge in [-0.25, -0.2) is 0 Å². The molecule has 3 aromatic carbocycles. The summed E-state index contributed by atoms with van der Waals surface area (Å²) in [6.45, 7) is 2.02. The average Bonchev–Trinajstić information content (AvgIpc) is 2.90. The fraction of sp³-hybridized carbons (Fsp3) is 0.136. The van der Waals surface area contributed by atoms with Crippen molar-refractivity contribution in [3.63, 3.8) is 0 Å². The van der Waals surface area contributed by atoms with Crippen LogP contribution in [-0.4, -0.2) is 5.78 Å².